The van der Waals surface area contributed by atoms with Gasteiger partial charge in [-0.15, -0.1) is 0 Å². The van der Waals surface area contributed by atoms with Crippen molar-refractivity contribution in [2.75, 3.05) is 26.7 Å². The van der Waals surface area contributed by atoms with Crippen LogP contribution < -0.4 is 4.74 Å². The Bertz CT molecular complexity index is 419. The molecule has 2 nitrogen and oxygen atoms in total. The normalized spacial score (nSPS) is 20.3. The number of benzene rings is 1. The van der Waals surface area contributed by atoms with Gasteiger partial charge in [0.2, 0.25) is 0 Å². The summed E-state index contributed by atoms with van der Waals surface area (Å²) in [6.45, 7) is 8.11. The van der Waals surface area contributed by atoms with Crippen LogP contribution in [0.25, 0.3) is 0 Å². The van der Waals surface area contributed by atoms with Crippen molar-refractivity contribution in [1.29, 1.82) is 0 Å². The molecular weight excluding hydrogens is 290 g/mol. The zero-order valence-electron chi connectivity index (χ0n) is 11.5. The molecule has 0 saturated heterocycles. The Balaban J connectivity index is 2.29. The summed E-state index contributed by atoms with van der Waals surface area (Å²) in [4.78, 5) is 2.57. The Morgan fingerprint density at radius 2 is 2.22 bits per heavy atom. The lowest BCUT2D eigenvalue weighted by Crippen LogP contribution is -2.28. The number of rotatable bonds is 3. The second-order valence-electron chi connectivity index (χ2n) is 5.14. The summed E-state index contributed by atoms with van der Waals surface area (Å²) in [7, 11) is 1.73. The quantitative estimate of drug-likeness (QED) is 0.841. The van der Waals surface area contributed by atoms with E-state index in [1.165, 1.54) is 30.6 Å². The highest BCUT2D eigenvalue weighted by Crippen LogP contribution is 2.34. The minimum atomic E-state index is 0.594. The number of hydrogen-bond acceptors (Lipinski definition) is 2. The SMILES string of the molecule is CCCN1CCc2cc(OC)c(Br)cc2C(C)C1. The molecule has 0 radical (unpaired) electrons. The molecule has 1 aliphatic heterocycles. The molecule has 1 unspecified atom stereocenters. The van der Waals surface area contributed by atoms with Gasteiger partial charge in [0.05, 0.1) is 11.6 Å². The van der Waals surface area contributed by atoms with Crippen molar-refractivity contribution in [2.24, 2.45) is 0 Å². The molecule has 0 N–H and O–H groups in total. The number of methoxy groups -OCH3 is 1. The number of nitrogens with zero attached hydrogens (tertiary/aromatic N) is 1. The summed E-state index contributed by atoms with van der Waals surface area (Å²) in [5.41, 5.74) is 2.92. The van der Waals surface area contributed by atoms with Crippen LogP contribution in [0, 0.1) is 0 Å². The molecule has 1 atom stereocenters. The lowest BCUT2D eigenvalue weighted by atomic mass is 9.95. The summed E-state index contributed by atoms with van der Waals surface area (Å²) < 4.78 is 6.47. The van der Waals surface area contributed by atoms with E-state index in [0.29, 0.717) is 5.92 Å². The first-order valence-corrected chi connectivity index (χ1v) is 7.53. The van der Waals surface area contributed by atoms with E-state index in [0.717, 1.165) is 23.2 Å². The van der Waals surface area contributed by atoms with E-state index in [2.05, 4.69) is 46.8 Å². The first kappa shape index (κ1) is 13.9. The fourth-order valence-electron chi connectivity index (χ4n) is 2.82. The Hall–Kier alpha value is -0.540. The summed E-state index contributed by atoms with van der Waals surface area (Å²) in [5, 5.41) is 0. The predicted molar refractivity (Wildman–Crippen MR) is 79.5 cm³/mol. The average Bonchev–Trinajstić information content (AvgIpc) is 2.49. The van der Waals surface area contributed by atoms with Crippen LogP contribution >= 0.6 is 15.9 Å². The standard InChI is InChI=1S/C15H22BrNO/c1-4-6-17-7-5-12-8-15(18-3)14(16)9-13(12)11(2)10-17/h8-9,11H,4-7,10H2,1-3H3. The van der Waals surface area contributed by atoms with Gasteiger partial charge in [-0.25, -0.2) is 0 Å². The van der Waals surface area contributed by atoms with Gasteiger partial charge in [0.1, 0.15) is 5.75 Å². The monoisotopic (exact) mass is 311 g/mol. The van der Waals surface area contributed by atoms with Crippen molar-refractivity contribution in [3.8, 4) is 5.75 Å². The fourth-order valence-corrected chi connectivity index (χ4v) is 3.34. The molecule has 1 aromatic rings. The number of ether oxygens (including phenoxy) is 1. The highest BCUT2D eigenvalue weighted by atomic mass is 79.9. The Morgan fingerprint density at radius 1 is 1.44 bits per heavy atom. The molecule has 1 aromatic carbocycles. The van der Waals surface area contributed by atoms with Gasteiger partial charge in [0, 0.05) is 13.1 Å². The largest absolute Gasteiger partial charge is 0.496 e. The first-order chi connectivity index (χ1) is 8.65. The third-order valence-corrected chi connectivity index (χ3v) is 4.33. The molecule has 1 heterocycles. The summed E-state index contributed by atoms with van der Waals surface area (Å²) >= 11 is 3.60. The van der Waals surface area contributed by atoms with Crippen molar-refractivity contribution < 1.29 is 4.74 Å². The molecule has 0 saturated carbocycles. The topological polar surface area (TPSA) is 12.5 Å². The molecular formula is C15H22BrNO. The zero-order valence-corrected chi connectivity index (χ0v) is 13.1. The van der Waals surface area contributed by atoms with Crippen LogP contribution in [0.2, 0.25) is 0 Å². The second kappa shape index (κ2) is 6.07. The zero-order chi connectivity index (χ0) is 13.1. The van der Waals surface area contributed by atoms with Gasteiger partial charge in [-0.05, 0) is 64.5 Å². The van der Waals surface area contributed by atoms with Gasteiger partial charge in [0.15, 0.2) is 0 Å². The predicted octanol–water partition coefficient (Wildman–Crippen LogP) is 3.83. The molecule has 2 rings (SSSR count). The maximum absolute atomic E-state index is 5.40. The van der Waals surface area contributed by atoms with Crippen LogP contribution in [0.3, 0.4) is 0 Å². The van der Waals surface area contributed by atoms with E-state index in [1.54, 1.807) is 7.11 Å². The van der Waals surface area contributed by atoms with Gasteiger partial charge in [0.25, 0.3) is 0 Å². The number of fused-ring (bicyclic) bond motifs is 1. The van der Waals surface area contributed by atoms with Gasteiger partial charge in [-0.2, -0.15) is 0 Å². The highest BCUT2D eigenvalue weighted by molar-refractivity contribution is 9.10. The Labute approximate surface area is 118 Å². The van der Waals surface area contributed by atoms with Crippen molar-refractivity contribution >= 4 is 15.9 Å². The molecule has 0 spiro atoms. The Morgan fingerprint density at radius 3 is 2.89 bits per heavy atom. The van der Waals surface area contributed by atoms with Crippen molar-refractivity contribution in [1.82, 2.24) is 4.90 Å². The van der Waals surface area contributed by atoms with Gasteiger partial charge in [-0.3, -0.25) is 0 Å². The minimum Gasteiger partial charge on any atom is -0.496 e. The first-order valence-electron chi connectivity index (χ1n) is 6.74. The second-order valence-corrected chi connectivity index (χ2v) is 5.99. The molecule has 0 aromatic heterocycles. The van der Waals surface area contributed by atoms with Crippen LogP contribution in [0.1, 0.15) is 37.3 Å². The molecule has 0 bridgehead atoms. The molecule has 0 amide bonds. The number of hydrogen-bond donors (Lipinski definition) is 0. The maximum Gasteiger partial charge on any atom is 0.133 e. The lowest BCUT2D eigenvalue weighted by Gasteiger charge is -2.21. The van der Waals surface area contributed by atoms with E-state index in [-0.39, 0.29) is 0 Å². The summed E-state index contributed by atoms with van der Waals surface area (Å²) in [6, 6.07) is 4.44. The van der Waals surface area contributed by atoms with Gasteiger partial charge < -0.3 is 9.64 Å². The van der Waals surface area contributed by atoms with Gasteiger partial charge in [-0.1, -0.05) is 13.8 Å². The van der Waals surface area contributed by atoms with E-state index in [1.807, 2.05) is 0 Å². The average molecular weight is 312 g/mol. The minimum absolute atomic E-state index is 0.594. The van der Waals surface area contributed by atoms with Crippen LogP contribution in [-0.2, 0) is 6.42 Å². The smallest absolute Gasteiger partial charge is 0.133 e. The Kier molecular flexibility index (Phi) is 4.68. The fraction of sp³-hybridized carbons (Fsp3) is 0.600. The van der Waals surface area contributed by atoms with Crippen molar-refractivity contribution in [3.63, 3.8) is 0 Å². The third kappa shape index (κ3) is 2.89. The molecule has 100 valence electrons. The van der Waals surface area contributed by atoms with Crippen LogP contribution in [-0.4, -0.2) is 31.6 Å². The number of halogens is 1. The van der Waals surface area contributed by atoms with Crippen molar-refractivity contribution in [3.05, 3.63) is 27.7 Å². The lowest BCUT2D eigenvalue weighted by molar-refractivity contribution is 0.273. The molecule has 18 heavy (non-hydrogen) atoms. The highest BCUT2D eigenvalue weighted by Gasteiger charge is 2.21. The van der Waals surface area contributed by atoms with Crippen LogP contribution in [0.5, 0.6) is 5.75 Å². The van der Waals surface area contributed by atoms with Crippen LogP contribution in [0.4, 0.5) is 0 Å². The van der Waals surface area contributed by atoms with Crippen LogP contribution in [0.15, 0.2) is 16.6 Å². The third-order valence-electron chi connectivity index (χ3n) is 3.71. The van der Waals surface area contributed by atoms with E-state index in [9.17, 15) is 0 Å². The van der Waals surface area contributed by atoms with E-state index >= 15 is 0 Å². The molecule has 0 fully saturated rings. The molecule has 0 aliphatic carbocycles. The maximum atomic E-state index is 5.40. The molecule has 1 aliphatic rings. The summed E-state index contributed by atoms with van der Waals surface area (Å²) in [6.07, 6.45) is 2.36. The van der Waals surface area contributed by atoms with E-state index in [4.69, 9.17) is 4.74 Å². The summed E-state index contributed by atoms with van der Waals surface area (Å²) in [5.74, 6) is 1.54. The van der Waals surface area contributed by atoms with Gasteiger partial charge >= 0.3 is 0 Å². The van der Waals surface area contributed by atoms with Crippen molar-refractivity contribution in [2.45, 2.75) is 32.6 Å². The molecule has 3 heteroatoms. The van der Waals surface area contributed by atoms with E-state index < -0.39 is 0 Å².